The second kappa shape index (κ2) is 2.26. The molecule has 1 aliphatic carbocycles. The summed E-state index contributed by atoms with van der Waals surface area (Å²) in [5, 5.41) is 2.76. The van der Waals surface area contributed by atoms with Gasteiger partial charge in [0.2, 0.25) is 0 Å². The summed E-state index contributed by atoms with van der Waals surface area (Å²) in [5.41, 5.74) is 1.22. The molecule has 2 atom stereocenters. The quantitative estimate of drug-likeness (QED) is 0.531. The van der Waals surface area contributed by atoms with Crippen molar-refractivity contribution >= 4 is 6.09 Å². The van der Waals surface area contributed by atoms with Gasteiger partial charge in [-0.05, 0) is 19.3 Å². The average Bonchev–Trinajstić information content (AvgIpc) is 2.27. The third kappa shape index (κ3) is 1.11. The predicted octanol–water partition coefficient (Wildman–Crippen LogP) is 1.20. The molecule has 1 aliphatic heterocycles. The first-order valence-corrected chi connectivity index (χ1v) is 3.89. The summed E-state index contributed by atoms with van der Waals surface area (Å²) in [6.07, 6.45) is 2.65. The number of alkyl carbamates (subject to hydrolysis) is 1. The average molecular weight is 153 g/mol. The van der Waals surface area contributed by atoms with Crippen LogP contribution in [0.1, 0.15) is 19.3 Å². The molecule has 2 fully saturated rings. The Morgan fingerprint density at radius 1 is 1.64 bits per heavy atom. The first-order valence-electron chi connectivity index (χ1n) is 3.89. The predicted molar refractivity (Wildman–Crippen MR) is 40.2 cm³/mol. The third-order valence-electron chi connectivity index (χ3n) is 2.30. The van der Waals surface area contributed by atoms with Crippen molar-refractivity contribution in [3.63, 3.8) is 0 Å². The van der Waals surface area contributed by atoms with Crippen LogP contribution in [0.15, 0.2) is 12.2 Å². The summed E-state index contributed by atoms with van der Waals surface area (Å²) in [4.78, 5) is 10.8. The molecule has 2 aliphatic rings. The van der Waals surface area contributed by atoms with E-state index in [2.05, 4.69) is 11.9 Å². The van der Waals surface area contributed by atoms with Gasteiger partial charge in [0, 0.05) is 0 Å². The zero-order valence-corrected chi connectivity index (χ0v) is 6.30. The zero-order chi connectivity index (χ0) is 7.84. The second-order valence-electron chi connectivity index (χ2n) is 3.19. The van der Waals surface area contributed by atoms with Gasteiger partial charge in [0.05, 0.1) is 6.04 Å². The van der Waals surface area contributed by atoms with E-state index >= 15 is 0 Å². The third-order valence-corrected chi connectivity index (χ3v) is 2.30. The Kier molecular flexibility index (Phi) is 1.37. The Bertz CT molecular complexity index is 210. The number of hydrogen-bond donors (Lipinski definition) is 1. The topological polar surface area (TPSA) is 38.3 Å². The summed E-state index contributed by atoms with van der Waals surface area (Å²) >= 11 is 0. The molecule has 1 saturated heterocycles. The highest BCUT2D eigenvalue weighted by Crippen LogP contribution is 2.27. The first-order chi connectivity index (χ1) is 5.25. The van der Waals surface area contributed by atoms with Gasteiger partial charge < -0.3 is 10.1 Å². The maximum Gasteiger partial charge on any atom is 0.407 e. The number of fused-ring (bicyclic) bond motifs is 1. The van der Waals surface area contributed by atoms with Gasteiger partial charge in [-0.25, -0.2) is 4.79 Å². The van der Waals surface area contributed by atoms with E-state index in [-0.39, 0.29) is 18.2 Å². The molecule has 1 heterocycles. The molecule has 60 valence electrons. The summed E-state index contributed by atoms with van der Waals surface area (Å²) in [5.74, 6) is 0. The van der Waals surface area contributed by atoms with Gasteiger partial charge in [0.15, 0.2) is 0 Å². The van der Waals surface area contributed by atoms with Crippen LogP contribution in [0.25, 0.3) is 0 Å². The molecule has 2 unspecified atom stereocenters. The molecule has 1 amide bonds. The summed E-state index contributed by atoms with van der Waals surface area (Å²) in [7, 11) is 0. The van der Waals surface area contributed by atoms with Crippen LogP contribution in [-0.2, 0) is 4.74 Å². The van der Waals surface area contributed by atoms with Crippen molar-refractivity contribution in [3.8, 4) is 0 Å². The van der Waals surface area contributed by atoms with Crippen LogP contribution >= 0.6 is 0 Å². The van der Waals surface area contributed by atoms with Crippen LogP contribution in [-0.4, -0.2) is 18.2 Å². The number of carbonyl (C=O) groups is 1. The van der Waals surface area contributed by atoms with Crippen LogP contribution in [0.2, 0.25) is 0 Å². The maximum atomic E-state index is 10.8. The van der Waals surface area contributed by atoms with Gasteiger partial charge in [-0.15, -0.1) is 0 Å². The first kappa shape index (κ1) is 6.70. The minimum Gasteiger partial charge on any atom is -0.444 e. The monoisotopic (exact) mass is 153 g/mol. The lowest BCUT2D eigenvalue weighted by atomic mass is 9.90. The molecule has 1 saturated carbocycles. The van der Waals surface area contributed by atoms with Crippen molar-refractivity contribution < 1.29 is 9.53 Å². The molecule has 2 rings (SSSR count). The Hall–Kier alpha value is -0.990. The van der Waals surface area contributed by atoms with Crippen LogP contribution in [0.4, 0.5) is 4.79 Å². The molecule has 3 heteroatoms. The number of rotatable bonds is 0. The van der Waals surface area contributed by atoms with E-state index in [4.69, 9.17) is 4.74 Å². The van der Waals surface area contributed by atoms with Gasteiger partial charge in [-0.1, -0.05) is 12.2 Å². The molecule has 0 aromatic carbocycles. The minimum atomic E-state index is -0.269. The fraction of sp³-hybridized carbons (Fsp3) is 0.625. The highest BCUT2D eigenvalue weighted by molar-refractivity contribution is 5.70. The number of nitrogens with one attached hydrogen (secondary N) is 1. The maximum absolute atomic E-state index is 10.8. The summed E-state index contributed by atoms with van der Waals surface area (Å²) in [6.45, 7) is 3.89. The molecule has 11 heavy (non-hydrogen) atoms. The molecule has 0 aromatic heterocycles. The summed E-state index contributed by atoms with van der Waals surface area (Å²) in [6, 6.07) is 0.198. The summed E-state index contributed by atoms with van der Waals surface area (Å²) < 4.78 is 5.02. The number of ether oxygens (including phenoxy) is 1. The van der Waals surface area contributed by atoms with Crippen molar-refractivity contribution in [1.29, 1.82) is 0 Å². The van der Waals surface area contributed by atoms with Crippen LogP contribution in [0, 0.1) is 0 Å². The van der Waals surface area contributed by atoms with E-state index in [1.807, 2.05) is 0 Å². The van der Waals surface area contributed by atoms with E-state index in [1.54, 1.807) is 0 Å². The molecule has 0 aromatic rings. The van der Waals surface area contributed by atoms with Gasteiger partial charge in [0.1, 0.15) is 6.10 Å². The van der Waals surface area contributed by atoms with Crippen molar-refractivity contribution in [1.82, 2.24) is 5.32 Å². The minimum absolute atomic E-state index is 0.105. The Balaban J connectivity index is 2.08. The smallest absolute Gasteiger partial charge is 0.407 e. The zero-order valence-electron chi connectivity index (χ0n) is 6.30. The number of hydrogen-bond acceptors (Lipinski definition) is 2. The normalized spacial score (nSPS) is 36.0. The van der Waals surface area contributed by atoms with Gasteiger partial charge in [-0.3, -0.25) is 0 Å². The molecule has 0 radical (unpaired) electrons. The van der Waals surface area contributed by atoms with Crippen LogP contribution in [0.5, 0.6) is 0 Å². The van der Waals surface area contributed by atoms with E-state index in [0.29, 0.717) is 0 Å². The lowest BCUT2D eigenvalue weighted by molar-refractivity contribution is 0.120. The largest absolute Gasteiger partial charge is 0.444 e. The molecular formula is C8H11NO2. The van der Waals surface area contributed by atoms with Gasteiger partial charge in [0.25, 0.3) is 0 Å². The Morgan fingerprint density at radius 2 is 2.45 bits per heavy atom. The highest BCUT2D eigenvalue weighted by atomic mass is 16.6. The van der Waals surface area contributed by atoms with E-state index < -0.39 is 0 Å². The number of carbonyl (C=O) groups excluding carboxylic acids is 1. The SMILES string of the molecule is C=C1CCC2OC(=O)NC2C1. The van der Waals surface area contributed by atoms with Crippen LogP contribution in [0.3, 0.4) is 0 Å². The van der Waals surface area contributed by atoms with Gasteiger partial charge in [-0.2, -0.15) is 0 Å². The highest BCUT2D eigenvalue weighted by Gasteiger charge is 2.36. The van der Waals surface area contributed by atoms with Crippen LogP contribution < -0.4 is 5.32 Å². The Morgan fingerprint density at radius 3 is 3.27 bits per heavy atom. The second-order valence-corrected chi connectivity index (χ2v) is 3.19. The Labute approximate surface area is 65.4 Å². The van der Waals surface area contributed by atoms with E-state index in [0.717, 1.165) is 19.3 Å². The molecule has 0 spiro atoms. The van der Waals surface area contributed by atoms with Crippen molar-refractivity contribution in [2.45, 2.75) is 31.4 Å². The standard InChI is InChI=1S/C8H11NO2/c1-5-2-3-7-6(4-5)9-8(10)11-7/h6-7H,1-4H2,(H,9,10). The molecule has 1 N–H and O–H groups in total. The van der Waals surface area contributed by atoms with Crippen molar-refractivity contribution in [2.24, 2.45) is 0 Å². The van der Waals surface area contributed by atoms with Crippen molar-refractivity contribution in [3.05, 3.63) is 12.2 Å². The number of amides is 1. The lowest BCUT2D eigenvalue weighted by Gasteiger charge is -2.23. The molecule has 3 nitrogen and oxygen atoms in total. The van der Waals surface area contributed by atoms with Crippen molar-refractivity contribution in [2.75, 3.05) is 0 Å². The molecular weight excluding hydrogens is 142 g/mol. The molecule has 0 bridgehead atoms. The fourth-order valence-electron chi connectivity index (χ4n) is 1.70. The fourth-order valence-corrected chi connectivity index (χ4v) is 1.70. The van der Waals surface area contributed by atoms with E-state index in [9.17, 15) is 4.79 Å². The van der Waals surface area contributed by atoms with E-state index in [1.165, 1.54) is 5.57 Å². The van der Waals surface area contributed by atoms with Gasteiger partial charge >= 0.3 is 6.09 Å². The lowest BCUT2D eigenvalue weighted by Crippen LogP contribution is -2.34.